The summed E-state index contributed by atoms with van der Waals surface area (Å²) >= 11 is 1.39. The summed E-state index contributed by atoms with van der Waals surface area (Å²) < 4.78 is 0. The summed E-state index contributed by atoms with van der Waals surface area (Å²) in [6.45, 7) is 1.62. The van der Waals surface area contributed by atoms with Crippen LogP contribution in [0.4, 0.5) is 11.6 Å². The molecule has 0 radical (unpaired) electrons. The maximum atomic E-state index is 12.5. The average Bonchev–Trinajstić information content (AvgIpc) is 3.31. The third kappa shape index (κ3) is 4.78. The number of hydrogen-bond donors (Lipinski definition) is 2. The number of amides is 2. The van der Waals surface area contributed by atoms with E-state index in [-0.39, 0.29) is 17.9 Å². The predicted molar refractivity (Wildman–Crippen MR) is 113 cm³/mol. The number of hydrogen-bond acceptors (Lipinski definition) is 6. The monoisotopic (exact) mass is 407 g/mol. The molecular weight excluding hydrogens is 386 g/mol. The van der Waals surface area contributed by atoms with Crippen molar-refractivity contribution < 1.29 is 9.59 Å². The molecule has 0 bridgehead atoms. The SMILES string of the molecule is O=C(NC1CCN(c2ncccn2)CC1)c1ccc(NC(=O)c2cccs2)cc1. The number of nitrogens with one attached hydrogen (secondary N) is 2. The van der Waals surface area contributed by atoms with Gasteiger partial charge in [-0.25, -0.2) is 9.97 Å². The minimum Gasteiger partial charge on any atom is -0.349 e. The van der Waals surface area contributed by atoms with Crippen LogP contribution >= 0.6 is 11.3 Å². The zero-order chi connectivity index (χ0) is 20.1. The molecule has 2 aromatic heterocycles. The third-order valence-electron chi connectivity index (χ3n) is 4.82. The number of carbonyl (C=O) groups excluding carboxylic acids is 2. The van der Waals surface area contributed by atoms with Gasteiger partial charge in [0.25, 0.3) is 11.8 Å². The maximum absolute atomic E-state index is 12.5. The Bertz CT molecular complexity index is 953. The van der Waals surface area contributed by atoms with Crippen molar-refractivity contribution in [2.45, 2.75) is 18.9 Å². The van der Waals surface area contributed by atoms with Gasteiger partial charge >= 0.3 is 0 Å². The molecule has 1 fully saturated rings. The van der Waals surface area contributed by atoms with Crippen molar-refractivity contribution in [3.05, 3.63) is 70.7 Å². The lowest BCUT2D eigenvalue weighted by molar-refractivity contribution is 0.0930. The number of aromatic nitrogens is 2. The number of rotatable bonds is 5. The van der Waals surface area contributed by atoms with E-state index in [4.69, 9.17) is 0 Å². The fourth-order valence-electron chi connectivity index (χ4n) is 3.25. The molecule has 7 nitrogen and oxygen atoms in total. The van der Waals surface area contributed by atoms with Crippen molar-refractivity contribution in [3.63, 3.8) is 0 Å². The van der Waals surface area contributed by atoms with E-state index in [9.17, 15) is 9.59 Å². The van der Waals surface area contributed by atoms with E-state index in [0.717, 1.165) is 31.9 Å². The Labute approximate surface area is 172 Å². The fraction of sp³-hybridized carbons (Fsp3) is 0.238. The van der Waals surface area contributed by atoms with Crippen LogP contribution in [0.3, 0.4) is 0 Å². The molecule has 1 aliphatic heterocycles. The van der Waals surface area contributed by atoms with Crippen LogP contribution in [0.5, 0.6) is 0 Å². The van der Waals surface area contributed by atoms with E-state index in [1.807, 2.05) is 11.4 Å². The third-order valence-corrected chi connectivity index (χ3v) is 5.68. The molecule has 3 aromatic rings. The molecule has 3 heterocycles. The van der Waals surface area contributed by atoms with Crippen molar-refractivity contribution in [1.29, 1.82) is 0 Å². The number of nitrogens with zero attached hydrogens (tertiary/aromatic N) is 3. The van der Waals surface area contributed by atoms with Gasteiger partial charge in [-0.15, -0.1) is 11.3 Å². The standard InChI is InChI=1S/C21H21N5O2S/c27-19(24-17-8-12-26(13-9-17)21-22-10-2-11-23-21)15-4-6-16(7-5-15)25-20(28)18-3-1-14-29-18/h1-7,10-11,14,17H,8-9,12-13H2,(H,24,27)(H,25,28). The van der Waals surface area contributed by atoms with Crippen LogP contribution in [0.1, 0.15) is 32.9 Å². The first-order valence-corrected chi connectivity index (χ1v) is 10.3. The predicted octanol–water partition coefficient (Wildman–Crippen LogP) is 3.19. The van der Waals surface area contributed by atoms with Crippen LogP contribution in [-0.2, 0) is 0 Å². The second-order valence-electron chi connectivity index (χ2n) is 6.79. The van der Waals surface area contributed by atoms with Gasteiger partial charge in [0.2, 0.25) is 5.95 Å². The molecule has 4 rings (SSSR count). The van der Waals surface area contributed by atoms with Crippen molar-refractivity contribution in [2.75, 3.05) is 23.3 Å². The van der Waals surface area contributed by atoms with Crippen molar-refractivity contribution in [2.24, 2.45) is 0 Å². The molecule has 0 aliphatic carbocycles. The first kappa shape index (κ1) is 19.1. The van der Waals surface area contributed by atoms with Gasteiger partial charge in [0.15, 0.2) is 0 Å². The van der Waals surface area contributed by atoms with Gasteiger partial charge in [-0.05, 0) is 54.6 Å². The zero-order valence-corrected chi connectivity index (χ0v) is 16.6. The Kier molecular flexibility index (Phi) is 5.81. The van der Waals surface area contributed by atoms with E-state index in [0.29, 0.717) is 16.1 Å². The molecule has 148 valence electrons. The molecule has 8 heteroatoms. The molecule has 0 saturated carbocycles. The highest BCUT2D eigenvalue weighted by Gasteiger charge is 2.22. The lowest BCUT2D eigenvalue weighted by atomic mass is 10.0. The number of thiophene rings is 1. The number of anilines is 2. The molecule has 2 N–H and O–H groups in total. The molecule has 2 amide bonds. The van der Waals surface area contributed by atoms with E-state index >= 15 is 0 Å². The van der Waals surface area contributed by atoms with E-state index in [2.05, 4.69) is 25.5 Å². The summed E-state index contributed by atoms with van der Waals surface area (Å²) in [6.07, 6.45) is 5.17. The summed E-state index contributed by atoms with van der Waals surface area (Å²) in [7, 11) is 0. The first-order valence-electron chi connectivity index (χ1n) is 9.47. The van der Waals surface area contributed by atoms with Gasteiger partial charge in [0.1, 0.15) is 0 Å². The van der Waals surface area contributed by atoms with Gasteiger partial charge in [-0.2, -0.15) is 0 Å². The van der Waals surface area contributed by atoms with Crippen LogP contribution < -0.4 is 15.5 Å². The van der Waals surface area contributed by atoms with Gasteiger partial charge in [0.05, 0.1) is 4.88 Å². The largest absolute Gasteiger partial charge is 0.349 e. The van der Waals surface area contributed by atoms with Crippen LogP contribution in [0.15, 0.2) is 60.2 Å². The summed E-state index contributed by atoms with van der Waals surface area (Å²) in [5, 5.41) is 7.79. The molecular formula is C21H21N5O2S. The lowest BCUT2D eigenvalue weighted by Gasteiger charge is -2.32. The van der Waals surface area contributed by atoms with Crippen molar-refractivity contribution in [1.82, 2.24) is 15.3 Å². The molecule has 0 spiro atoms. The topological polar surface area (TPSA) is 87.2 Å². The average molecular weight is 407 g/mol. The van der Waals surface area contributed by atoms with E-state index < -0.39 is 0 Å². The fourth-order valence-corrected chi connectivity index (χ4v) is 3.87. The number of carbonyl (C=O) groups is 2. The van der Waals surface area contributed by atoms with Crippen LogP contribution in [-0.4, -0.2) is 40.9 Å². The first-order chi connectivity index (χ1) is 14.2. The molecule has 0 atom stereocenters. The minimum absolute atomic E-state index is 0.101. The van der Waals surface area contributed by atoms with Gasteiger partial charge in [-0.3, -0.25) is 9.59 Å². The summed E-state index contributed by atoms with van der Waals surface area (Å²) in [5.41, 5.74) is 1.24. The zero-order valence-electron chi connectivity index (χ0n) is 15.7. The highest BCUT2D eigenvalue weighted by Crippen LogP contribution is 2.17. The Morgan fingerprint density at radius 2 is 1.69 bits per heavy atom. The molecule has 1 aliphatic rings. The molecule has 1 aromatic carbocycles. The lowest BCUT2D eigenvalue weighted by Crippen LogP contribution is -2.45. The number of piperidine rings is 1. The quantitative estimate of drug-likeness (QED) is 0.678. The smallest absolute Gasteiger partial charge is 0.265 e. The van der Waals surface area contributed by atoms with Gasteiger partial charge in [0, 0.05) is 42.8 Å². The second kappa shape index (κ2) is 8.83. The van der Waals surface area contributed by atoms with Gasteiger partial charge < -0.3 is 15.5 Å². The second-order valence-corrected chi connectivity index (χ2v) is 7.74. The summed E-state index contributed by atoms with van der Waals surface area (Å²) in [5.74, 6) is 0.486. The maximum Gasteiger partial charge on any atom is 0.265 e. The Morgan fingerprint density at radius 3 is 2.34 bits per heavy atom. The van der Waals surface area contributed by atoms with E-state index in [1.54, 1.807) is 48.8 Å². The highest BCUT2D eigenvalue weighted by molar-refractivity contribution is 7.12. The molecule has 1 saturated heterocycles. The highest BCUT2D eigenvalue weighted by atomic mass is 32.1. The van der Waals surface area contributed by atoms with Crippen LogP contribution in [0.25, 0.3) is 0 Å². The summed E-state index contributed by atoms with van der Waals surface area (Å²) in [4.78, 5) is 36.0. The normalized spacial score (nSPS) is 14.4. The molecule has 0 unspecified atom stereocenters. The Hall–Kier alpha value is -3.26. The molecule has 29 heavy (non-hydrogen) atoms. The van der Waals surface area contributed by atoms with Crippen LogP contribution in [0.2, 0.25) is 0 Å². The Balaban J connectivity index is 1.28. The van der Waals surface area contributed by atoms with Crippen molar-refractivity contribution in [3.8, 4) is 0 Å². The Morgan fingerprint density at radius 1 is 0.966 bits per heavy atom. The van der Waals surface area contributed by atoms with Crippen molar-refractivity contribution >= 4 is 34.8 Å². The van der Waals surface area contributed by atoms with Gasteiger partial charge in [-0.1, -0.05) is 6.07 Å². The van der Waals surface area contributed by atoms with Crippen LogP contribution in [0, 0.1) is 0 Å². The number of benzene rings is 1. The summed E-state index contributed by atoms with van der Waals surface area (Å²) in [6, 6.07) is 12.5. The van der Waals surface area contributed by atoms with E-state index in [1.165, 1.54) is 11.3 Å². The minimum atomic E-state index is -0.147.